The SMILES string of the molecule is CN(C)NC(=S)Nc1ccc(S(=O)(=O)N2CCOCC2)cc1. The number of hydrogen-bond donors (Lipinski definition) is 2. The fraction of sp³-hybridized carbons (Fsp3) is 0.462. The third-order valence-corrected chi connectivity index (χ3v) is 5.15. The Morgan fingerprint density at radius 3 is 2.36 bits per heavy atom. The predicted molar refractivity (Wildman–Crippen MR) is 89.1 cm³/mol. The fourth-order valence-electron chi connectivity index (χ4n) is 2.01. The molecule has 0 spiro atoms. The molecule has 1 fully saturated rings. The Hall–Kier alpha value is -1.26. The number of benzene rings is 1. The summed E-state index contributed by atoms with van der Waals surface area (Å²) in [5, 5.41) is 5.14. The van der Waals surface area contributed by atoms with E-state index in [4.69, 9.17) is 17.0 Å². The highest BCUT2D eigenvalue weighted by Gasteiger charge is 2.26. The number of hydrogen-bond acceptors (Lipinski definition) is 5. The highest BCUT2D eigenvalue weighted by Crippen LogP contribution is 2.19. The quantitative estimate of drug-likeness (QED) is 0.607. The molecule has 2 rings (SSSR count). The normalized spacial score (nSPS) is 16.5. The Bertz CT molecular complexity index is 611. The molecule has 1 saturated heterocycles. The minimum Gasteiger partial charge on any atom is -0.379 e. The number of nitrogens with zero attached hydrogens (tertiary/aromatic N) is 2. The van der Waals surface area contributed by atoms with Crippen LogP contribution in [0.5, 0.6) is 0 Å². The van der Waals surface area contributed by atoms with Crippen LogP contribution in [-0.4, -0.2) is 63.2 Å². The van der Waals surface area contributed by atoms with Gasteiger partial charge in [-0.15, -0.1) is 0 Å². The molecular weight excluding hydrogens is 324 g/mol. The smallest absolute Gasteiger partial charge is 0.243 e. The topological polar surface area (TPSA) is 73.9 Å². The van der Waals surface area contributed by atoms with Crippen molar-refractivity contribution in [1.82, 2.24) is 14.7 Å². The lowest BCUT2D eigenvalue weighted by Gasteiger charge is -2.26. The van der Waals surface area contributed by atoms with Crippen LogP contribution in [0.15, 0.2) is 29.2 Å². The molecule has 1 aromatic rings. The van der Waals surface area contributed by atoms with Crippen LogP contribution in [0.3, 0.4) is 0 Å². The van der Waals surface area contributed by atoms with Crippen LogP contribution in [0, 0.1) is 0 Å². The van der Waals surface area contributed by atoms with Gasteiger partial charge in [0, 0.05) is 32.9 Å². The van der Waals surface area contributed by atoms with E-state index in [-0.39, 0.29) is 4.90 Å². The molecular formula is C13H20N4O3S2. The standard InChI is InChI=1S/C13H20N4O3S2/c1-16(2)15-13(21)14-11-3-5-12(6-4-11)22(18,19)17-7-9-20-10-8-17/h3-6H,7-10H2,1-2H3,(H2,14,15,21). The largest absolute Gasteiger partial charge is 0.379 e. The number of thiocarbonyl (C=S) groups is 1. The van der Waals surface area contributed by atoms with E-state index in [9.17, 15) is 8.42 Å². The van der Waals surface area contributed by atoms with Crippen LogP contribution >= 0.6 is 12.2 Å². The maximum atomic E-state index is 12.5. The second kappa shape index (κ2) is 7.34. The first-order valence-electron chi connectivity index (χ1n) is 6.82. The average Bonchev–Trinajstić information content (AvgIpc) is 2.48. The lowest BCUT2D eigenvalue weighted by Crippen LogP contribution is -2.40. The van der Waals surface area contributed by atoms with E-state index in [2.05, 4.69) is 10.7 Å². The zero-order chi connectivity index (χ0) is 16.2. The highest BCUT2D eigenvalue weighted by molar-refractivity contribution is 7.89. The molecule has 9 heteroatoms. The molecule has 22 heavy (non-hydrogen) atoms. The van der Waals surface area contributed by atoms with Gasteiger partial charge in [-0.2, -0.15) is 4.31 Å². The lowest BCUT2D eigenvalue weighted by atomic mass is 10.3. The van der Waals surface area contributed by atoms with Crippen LogP contribution in [0.1, 0.15) is 0 Å². The van der Waals surface area contributed by atoms with Crippen LogP contribution in [-0.2, 0) is 14.8 Å². The van der Waals surface area contributed by atoms with Crippen LogP contribution in [0.2, 0.25) is 0 Å². The molecule has 0 bridgehead atoms. The van der Waals surface area contributed by atoms with Crippen LogP contribution in [0.4, 0.5) is 5.69 Å². The summed E-state index contributed by atoms with van der Waals surface area (Å²) in [5.41, 5.74) is 3.62. The second-order valence-electron chi connectivity index (χ2n) is 5.00. The van der Waals surface area contributed by atoms with Crippen molar-refractivity contribution in [2.45, 2.75) is 4.90 Å². The minimum absolute atomic E-state index is 0.270. The van der Waals surface area contributed by atoms with Gasteiger partial charge in [0.25, 0.3) is 0 Å². The number of ether oxygens (including phenoxy) is 1. The first kappa shape index (κ1) is 17.1. The van der Waals surface area contributed by atoms with E-state index in [1.54, 1.807) is 29.3 Å². The van der Waals surface area contributed by atoms with Gasteiger partial charge < -0.3 is 10.1 Å². The number of rotatable bonds is 4. The fourth-order valence-corrected chi connectivity index (χ4v) is 3.72. The Morgan fingerprint density at radius 2 is 1.82 bits per heavy atom. The number of hydrazine groups is 1. The van der Waals surface area contributed by atoms with E-state index >= 15 is 0 Å². The molecule has 1 aliphatic heterocycles. The summed E-state index contributed by atoms with van der Waals surface area (Å²) in [6, 6.07) is 6.53. The molecule has 1 heterocycles. The highest BCUT2D eigenvalue weighted by atomic mass is 32.2. The molecule has 0 amide bonds. The van der Waals surface area contributed by atoms with Crippen molar-refractivity contribution in [3.63, 3.8) is 0 Å². The number of morpholine rings is 1. The van der Waals surface area contributed by atoms with Gasteiger partial charge in [0.05, 0.1) is 18.1 Å². The Morgan fingerprint density at radius 1 is 1.23 bits per heavy atom. The lowest BCUT2D eigenvalue weighted by molar-refractivity contribution is 0.0730. The molecule has 2 N–H and O–H groups in total. The number of nitrogens with one attached hydrogen (secondary N) is 2. The monoisotopic (exact) mass is 344 g/mol. The summed E-state index contributed by atoms with van der Waals surface area (Å²) in [7, 11) is 0.193. The van der Waals surface area contributed by atoms with Gasteiger partial charge in [0.15, 0.2) is 5.11 Å². The molecule has 1 aromatic carbocycles. The number of anilines is 1. The summed E-state index contributed by atoms with van der Waals surface area (Å²) >= 11 is 5.12. The first-order valence-corrected chi connectivity index (χ1v) is 8.67. The van der Waals surface area contributed by atoms with E-state index in [1.807, 2.05) is 14.1 Å². The van der Waals surface area contributed by atoms with Crippen molar-refractivity contribution >= 4 is 33.0 Å². The van der Waals surface area contributed by atoms with Crippen molar-refractivity contribution in [2.75, 3.05) is 45.7 Å². The van der Waals surface area contributed by atoms with Gasteiger partial charge in [-0.1, -0.05) is 0 Å². The molecule has 0 aromatic heterocycles. The van der Waals surface area contributed by atoms with Crippen molar-refractivity contribution in [1.29, 1.82) is 0 Å². The summed E-state index contributed by atoms with van der Waals surface area (Å²) < 4.78 is 31.6. The van der Waals surface area contributed by atoms with Crippen molar-refractivity contribution < 1.29 is 13.2 Å². The van der Waals surface area contributed by atoms with Gasteiger partial charge in [-0.3, -0.25) is 5.43 Å². The molecule has 0 saturated carbocycles. The molecule has 7 nitrogen and oxygen atoms in total. The second-order valence-corrected chi connectivity index (χ2v) is 7.35. The summed E-state index contributed by atoms with van der Waals surface area (Å²) in [6.07, 6.45) is 0. The zero-order valence-electron chi connectivity index (χ0n) is 12.6. The molecule has 0 radical (unpaired) electrons. The summed E-state index contributed by atoms with van der Waals surface area (Å²) in [5.74, 6) is 0. The minimum atomic E-state index is -3.46. The Balaban J connectivity index is 2.06. The molecule has 0 aliphatic carbocycles. The van der Waals surface area contributed by atoms with Gasteiger partial charge in [-0.05, 0) is 36.5 Å². The summed E-state index contributed by atoms with van der Waals surface area (Å²) in [4.78, 5) is 0.270. The summed E-state index contributed by atoms with van der Waals surface area (Å²) in [6.45, 7) is 1.64. The van der Waals surface area contributed by atoms with Gasteiger partial charge in [0.2, 0.25) is 10.0 Å². The Kier molecular flexibility index (Phi) is 5.70. The van der Waals surface area contributed by atoms with Crippen molar-refractivity contribution in [3.05, 3.63) is 24.3 Å². The zero-order valence-corrected chi connectivity index (χ0v) is 14.2. The maximum absolute atomic E-state index is 12.5. The Labute approximate surface area is 136 Å². The van der Waals surface area contributed by atoms with Crippen molar-refractivity contribution in [3.8, 4) is 0 Å². The van der Waals surface area contributed by atoms with E-state index in [0.717, 1.165) is 5.69 Å². The number of sulfonamides is 1. The maximum Gasteiger partial charge on any atom is 0.243 e. The van der Waals surface area contributed by atoms with E-state index in [0.29, 0.717) is 31.4 Å². The predicted octanol–water partition coefficient (Wildman–Crippen LogP) is 0.471. The molecule has 0 atom stereocenters. The van der Waals surface area contributed by atoms with Crippen LogP contribution in [0.25, 0.3) is 0 Å². The molecule has 0 unspecified atom stereocenters. The third kappa shape index (κ3) is 4.37. The molecule has 122 valence electrons. The third-order valence-electron chi connectivity index (χ3n) is 3.05. The van der Waals surface area contributed by atoms with Gasteiger partial charge in [-0.25, -0.2) is 13.4 Å². The molecule has 1 aliphatic rings. The van der Waals surface area contributed by atoms with E-state index in [1.165, 1.54) is 4.31 Å². The van der Waals surface area contributed by atoms with E-state index < -0.39 is 10.0 Å². The van der Waals surface area contributed by atoms with Gasteiger partial charge in [0.1, 0.15) is 0 Å². The first-order chi connectivity index (χ1) is 10.4. The van der Waals surface area contributed by atoms with Crippen LogP contribution < -0.4 is 10.7 Å². The van der Waals surface area contributed by atoms with Gasteiger partial charge >= 0.3 is 0 Å². The van der Waals surface area contributed by atoms with Crippen molar-refractivity contribution in [2.24, 2.45) is 0 Å². The average molecular weight is 344 g/mol.